The minimum absolute atomic E-state index is 0.0235. The van der Waals surface area contributed by atoms with Crippen LogP contribution in [0.1, 0.15) is 12.5 Å². The molecule has 4 nitrogen and oxygen atoms in total. The van der Waals surface area contributed by atoms with Gasteiger partial charge in [0, 0.05) is 6.04 Å². The summed E-state index contributed by atoms with van der Waals surface area (Å²) in [5.41, 5.74) is 7.15. The third-order valence-electron chi connectivity index (χ3n) is 3.56. The average molecular weight is 353 g/mol. The number of benzene rings is 2. The van der Waals surface area contributed by atoms with E-state index >= 15 is 0 Å². The Balaban J connectivity index is 2.30. The monoisotopic (exact) mass is 352 g/mol. The normalized spacial score (nSPS) is 17.4. The Morgan fingerprint density at radius 3 is 2.43 bits per heavy atom. The van der Waals surface area contributed by atoms with Gasteiger partial charge in [-0.3, -0.25) is 0 Å². The van der Waals surface area contributed by atoms with Crippen molar-refractivity contribution in [3.8, 4) is 0 Å². The van der Waals surface area contributed by atoms with E-state index in [2.05, 4.69) is 0 Å². The van der Waals surface area contributed by atoms with Gasteiger partial charge in [0.2, 0.25) is 0 Å². The summed E-state index contributed by atoms with van der Waals surface area (Å²) in [5.74, 6) is -0.451. The van der Waals surface area contributed by atoms with E-state index in [1.807, 2.05) is 0 Å². The quantitative estimate of drug-likeness (QED) is 0.901. The molecule has 2 aromatic rings. The fourth-order valence-electron chi connectivity index (χ4n) is 2.54. The zero-order chi connectivity index (χ0) is 16.8. The van der Waals surface area contributed by atoms with Crippen molar-refractivity contribution in [2.45, 2.75) is 17.9 Å². The number of anilines is 1. The van der Waals surface area contributed by atoms with Crippen LogP contribution in [0.25, 0.3) is 6.08 Å². The first-order valence-electron chi connectivity index (χ1n) is 6.89. The molecular weight excluding hydrogens is 339 g/mol. The molecule has 0 aromatic heterocycles. The highest BCUT2D eigenvalue weighted by molar-refractivity contribution is 7.93. The van der Waals surface area contributed by atoms with Crippen molar-refractivity contribution in [3.63, 3.8) is 0 Å². The van der Waals surface area contributed by atoms with E-state index in [0.29, 0.717) is 16.9 Å². The number of fused-ring (bicyclic) bond motifs is 1. The summed E-state index contributed by atoms with van der Waals surface area (Å²) in [6, 6.07) is 9.52. The summed E-state index contributed by atoms with van der Waals surface area (Å²) in [6.07, 6.45) is 1.69. The van der Waals surface area contributed by atoms with Gasteiger partial charge in [-0.1, -0.05) is 23.7 Å². The second-order valence-electron chi connectivity index (χ2n) is 5.26. The van der Waals surface area contributed by atoms with Crippen molar-refractivity contribution in [3.05, 3.63) is 64.6 Å². The van der Waals surface area contributed by atoms with Crippen LogP contribution in [0.2, 0.25) is 5.02 Å². The van der Waals surface area contributed by atoms with Gasteiger partial charge in [0.1, 0.15) is 10.7 Å². The van der Waals surface area contributed by atoms with E-state index in [9.17, 15) is 12.8 Å². The summed E-state index contributed by atoms with van der Waals surface area (Å²) >= 11 is 6.11. The summed E-state index contributed by atoms with van der Waals surface area (Å²) in [7, 11) is -3.94. The summed E-state index contributed by atoms with van der Waals surface area (Å²) in [6.45, 7) is 1.69. The van der Waals surface area contributed by atoms with Crippen LogP contribution in [0.4, 0.5) is 10.1 Å². The van der Waals surface area contributed by atoms with Crippen LogP contribution in [-0.2, 0) is 10.0 Å². The number of rotatable bonds is 2. The maximum absolute atomic E-state index is 13.2. The summed E-state index contributed by atoms with van der Waals surface area (Å²) in [5, 5.41) is 0.134. The third-order valence-corrected chi connectivity index (χ3v) is 5.86. The number of nitrogens with zero attached hydrogens (tertiary/aromatic N) is 1. The van der Waals surface area contributed by atoms with Crippen molar-refractivity contribution < 1.29 is 12.8 Å². The molecule has 0 saturated carbocycles. The zero-order valence-corrected chi connectivity index (χ0v) is 13.8. The first-order chi connectivity index (χ1) is 10.8. The topological polar surface area (TPSA) is 63.4 Å². The lowest BCUT2D eigenvalue weighted by atomic mass is 10.1. The lowest BCUT2D eigenvalue weighted by molar-refractivity contribution is 0.591. The van der Waals surface area contributed by atoms with Crippen LogP contribution in [0.15, 0.2) is 53.1 Å². The molecule has 7 heteroatoms. The second-order valence-corrected chi connectivity index (χ2v) is 7.39. The Morgan fingerprint density at radius 1 is 1.17 bits per heavy atom. The molecule has 1 unspecified atom stereocenters. The number of hydrogen-bond donors (Lipinski definition) is 1. The molecule has 120 valence electrons. The van der Waals surface area contributed by atoms with Crippen LogP contribution in [0.3, 0.4) is 0 Å². The predicted octanol–water partition coefficient (Wildman–Crippen LogP) is 3.38. The van der Waals surface area contributed by atoms with Gasteiger partial charge >= 0.3 is 0 Å². The van der Waals surface area contributed by atoms with Crippen molar-refractivity contribution in [1.29, 1.82) is 0 Å². The Bertz CT molecular complexity index is 893. The Kier molecular flexibility index (Phi) is 3.91. The van der Waals surface area contributed by atoms with Crippen LogP contribution >= 0.6 is 11.6 Å². The standard InChI is InChI=1S/C16H14ClFN2O2S/c1-10(19)15-9-11-3-2-4-14(17)16(11)23(21,22)20(15)13-7-5-12(18)6-8-13/h2-10H,19H2,1H3. The van der Waals surface area contributed by atoms with E-state index < -0.39 is 21.9 Å². The minimum Gasteiger partial charge on any atom is -0.323 e. The Morgan fingerprint density at radius 2 is 1.83 bits per heavy atom. The molecule has 0 radical (unpaired) electrons. The molecular formula is C16H14ClFN2O2S. The van der Waals surface area contributed by atoms with Gasteiger partial charge in [-0.05, 0) is 48.9 Å². The fraction of sp³-hybridized carbons (Fsp3) is 0.125. The number of nitrogens with two attached hydrogens (primary N) is 1. The van der Waals surface area contributed by atoms with Gasteiger partial charge in [-0.25, -0.2) is 17.1 Å². The molecule has 0 spiro atoms. The summed E-state index contributed by atoms with van der Waals surface area (Å²) < 4.78 is 40.4. The van der Waals surface area contributed by atoms with E-state index in [4.69, 9.17) is 17.3 Å². The van der Waals surface area contributed by atoms with Crippen molar-refractivity contribution >= 4 is 33.4 Å². The Hall–Kier alpha value is -1.89. The van der Waals surface area contributed by atoms with Gasteiger partial charge < -0.3 is 5.73 Å². The van der Waals surface area contributed by atoms with Crippen molar-refractivity contribution in [2.24, 2.45) is 5.73 Å². The van der Waals surface area contributed by atoms with E-state index in [-0.39, 0.29) is 9.92 Å². The molecule has 1 atom stereocenters. The fourth-order valence-corrected chi connectivity index (χ4v) is 4.83. The molecule has 0 aliphatic carbocycles. The molecule has 1 aliphatic rings. The lowest BCUT2D eigenvalue weighted by Crippen LogP contribution is -2.40. The molecule has 0 bridgehead atoms. The van der Waals surface area contributed by atoms with Crippen LogP contribution in [0.5, 0.6) is 0 Å². The number of halogens is 2. The lowest BCUT2D eigenvalue weighted by Gasteiger charge is -2.33. The number of hydrogen-bond acceptors (Lipinski definition) is 3. The highest BCUT2D eigenvalue weighted by Crippen LogP contribution is 2.39. The maximum Gasteiger partial charge on any atom is 0.270 e. The van der Waals surface area contributed by atoms with Gasteiger partial charge in [0.15, 0.2) is 0 Å². The largest absolute Gasteiger partial charge is 0.323 e. The van der Waals surface area contributed by atoms with Gasteiger partial charge in [-0.15, -0.1) is 0 Å². The van der Waals surface area contributed by atoms with Crippen LogP contribution < -0.4 is 10.0 Å². The van der Waals surface area contributed by atoms with Gasteiger partial charge in [0.25, 0.3) is 10.0 Å². The zero-order valence-electron chi connectivity index (χ0n) is 12.2. The smallest absolute Gasteiger partial charge is 0.270 e. The minimum atomic E-state index is -3.94. The van der Waals surface area contributed by atoms with Crippen molar-refractivity contribution in [1.82, 2.24) is 0 Å². The molecule has 3 rings (SSSR count). The second kappa shape index (κ2) is 5.63. The third kappa shape index (κ3) is 2.63. The SMILES string of the molecule is CC(N)C1=Cc2cccc(Cl)c2S(=O)(=O)N1c1ccc(F)cc1. The molecule has 1 aliphatic heterocycles. The summed E-state index contributed by atoms with van der Waals surface area (Å²) in [4.78, 5) is 0.0235. The Labute approximate surface area is 139 Å². The molecule has 1 heterocycles. The van der Waals surface area contributed by atoms with Crippen LogP contribution in [-0.4, -0.2) is 14.5 Å². The first-order valence-corrected chi connectivity index (χ1v) is 8.71. The van der Waals surface area contributed by atoms with Crippen molar-refractivity contribution in [2.75, 3.05) is 4.31 Å². The van der Waals surface area contributed by atoms with E-state index in [1.165, 1.54) is 30.3 Å². The molecule has 23 heavy (non-hydrogen) atoms. The molecule has 0 amide bonds. The highest BCUT2D eigenvalue weighted by Gasteiger charge is 2.36. The van der Waals surface area contributed by atoms with Gasteiger partial charge in [0.05, 0.1) is 16.4 Å². The van der Waals surface area contributed by atoms with Crippen LogP contribution in [0, 0.1) is 5.82 Å². The highest BCUT2D eigenvalue weighted by atomic mass is 35.5. The molecule has 2 aromatic carbocycles. The predicted molar refractivity (Wildman–Crippen MR) is 89.1 cm³/mol. The maximum atomic E-state index is 13.2. The molecule has 0 fully saturated rings. The van der Waals surface area contributed by atoms with E-state index in [1.54, 1.807) is 25.1 Å². The van der Waals surface area contributed by atoms with E-state index in [0.717, 1.165) is 4.31 Å². The van der Waals surface area contributed by atoms with Gasteiger partial charge in [-0.2, -0.15) is 0 Å². The molecule has 0 saturated heterocycles. The average Bonchev–Trinajstić information content (AvgIpc) is 2.47. The molecule has 2 N–H and O–H groups in total. The number of sulfonamides is 1. The first kappa shape index (κ1) is 16.0.